The van der Waals surface area contributed by atoms with E-state index in [1.807, 2.05) is 0 Å². The predicted molar refractivity (Wildman–Crippen MR) is 53.7 cm³/mol. The molecule has 2 aromatic rings. The first-order valence-corrected chi connectivity index (χ1v) is 4.57. The second-order valence-corrected chi connectivity index (χ2v) is 3.42. The SMILES string of the molecule is Cn1c(-c2ccc(F)cc2F)n[nH]c1=S. The molecule has 1 aromatic carbocycles. The van der Waals surface area contributed by atoms with E-state index >= 15 is 0 Å². The quantitative estimate of drug-likeness (QED) is 0.759. The van der Waals surface area contributed by atoms with E-state index < -0.39 is 11.6 Å². The van der Waals surface area contributed by atoms with E-state index in [9.17, 15) is 8.78 Å². The summed E-state index contributed by atoms with van der Waals surface area (Å²) in [5.74, 6) is -0.933. The average Bonchev–Trinajstić information content (AvgIpc) is 2.49. The molecule has 15 heavy (non-hydrogen) atoms. The van der Waals surface area contributed by atoms with Gasteiger partial charge in [-0.25, -0.2) is 8.78 Å². The molecule has 6 heteroatoms. The van der Waals surface area contributed by atoms with Gasteiger partial charge in [-0.15, -0.1) is 0 Å². The highest BCUT2D eigenvalue weighted by Gasteiger charge is 2.11. The van der Waals surface area contributed by atoms with Crippen molar-refractivity contribution >= 4 is 12.2 Å². The largest absolute Gasteiger partial charge is 0.303 e. The first-order valence-electron chi connectivity index (χ1n) is 4.16. The normalized spacial score (nSPS) is 10.6. The van der Waals surface area contributed by atoms with Gasteiger partial charge in [-0.05, 0) is 24.4 Å². The average molecular weight is 227 g/mol. The van der Waals surface area contributed by atoms with Crippen LogP contribution in [0.4, 0.5) is 8.78 Å². The summed E-state index contributed by atoms with van der Waals surface area (Å²) in [5.41, 5.74) is 0.214. The molecule has 0 aliphatic carbocycles. The smallest absolute Gasteiger partial charge is 0.195 e. The summed E-state index contributed by atoms with van der Waals surface area (Å²) in [7, 11) is 1.66. The number of aromatic nitrogens is 3. The maximum absolute atomic E-state index is 13.4. The summed E-state index contributed by atoms with van der Waals surface area (Å²) in [6.45, 7) is 0. The maximum Gasteiger partial charge on any atom is 0.195 e. The van der Waals surface area contributed by atoms with Gasteiger partial charge in [0.25, 0.3) is 0 Å². The summed E-state index contributed by atoms with van der Waals surface area (Å²) in [5, 5.41) is 6.39. The molecule has 1 heterocycles. The van der Waals surface area contributed by atoms with Gasteiger partial charge in [-0.3, -0.25) is 5.10 Å². The van der Waals surface area contributed by atoms with Crippen LogP contribution in [-0.2, 0) is 7.05 Å². The third-order valence-electron chi connectivity index (χ3n) is 2.05. The van der Waals surface area contributed by atoms with Crippen molar-refractivity contribution in [2.45, 2.75) is 0 Å². The Labute approximate surface area is 89.4 Å². The molecular formula is C9H7F2N3S. The molecule has 78 valence electrons. The molecule has 0 spiro atoms. The Hall–Kier alpha value is -1.56. The van der Waals surface area contributed by atoms with Gasteiger partial charge in [0.15, 0.2) is 10.6 Å². The van der Waals surface area contributed by atoms with Crippen LogP contribution in [0.3, 0.4) is 0 Å². The van der Waals surface area contributed by atoms with Crippen LogP contribution in [0.2, 0.25) is 0 Å². The molecule has 2 rings (SSSR count). The van der Waals surface area contributed by atoms with Crippen molar-refractivity contribution in [1.29, 1.82) is 0 Å². The Morgan fingerprint density at radius 3 is 2.67 bits per heavy atom. The number of aromatic amines is 1. The Balaban J connectivity index is 2.64. The van der Waals surface area contributed by atoms with Gasteiger partial charge >= 0.3 is 0 Å². The van der Waals surface area contributed by atoms with Crippen molar-refractivity contribution in [1.82, 2.24) is 14.8 Å². The molecular weight excluding hydrogens is 220 g/mol. The molecule has 0 radical (unpaired) electrons. The summed E-state index contributed by atoms with van der Waals surface area (Å²) in [6, 6.07) is 3.32. The number of H-pyrrole nitrogens is 1. The minimum Gasteiger partial charge on any atom is -0.303 e. The lowest BCUT2D eigenvalue weighted by Gasteiger charge is -2.01. The summed E-state index contributed by atoms with van der Waals surface area (Å²) >= 11 is 4.89. The molecule has 0 aliphatic rings. The van der Waals surface area contributed by atoms with Crippen molar-refractivity contribution < 1.29 is 8.78 Å². The second-order valence-electron chi connectivity index (χ2n) is 3.04. The van der Waals surface area contributed by atoms with Gasteiger partial charge in [-0.1, -0.05) is 0 Å². The Morgan fingerprint density at radius 2 is 2.13 bits per heavy atom. The zero-order valence-corrected chi connectivity index (χ0v) is 8.61. The van der Waals surface area contributed by atoms with E-state index in [4.69, 9.17) is 12.2 Å². The number of halogens is 2. The third-order valence-corrected chi connectivity index (χ3v) is 2.42. The summed E-state index contributed by atoms with van der Waals surface area (Å²) in [4.78, 5) is 0. The molecule has 0 fully saturated rings. The van der Waals surface area contributed by atoms with Crippen molar-refractivity contribution in [3.63, 3.8) is 0 Å². The van der Waals surface area contributed by atoms with Crippen LogP contribution in [0.25, 0.3) is 11.4 Å². The summed E-state index contributed by atoms with van der Waals surface area (Å²) < 4.78 is 28.0. The number of hydrogen-bond donors (Lipinski definition) is 1. The third kappa shape index (κ3) is 1.68. The van der Waals surface area contributed by atoms with E-state index in [0.29, 0.717) is 10.6 Å². The van der Waals surface area contributed by atoms with Crippen molar-refractivity contribution in [2.75, 3.05) is 0 Å². The van der Waals surface area contributed by atoms with E-state index in [1.54, 1.807) is 7.05 Å². The highest BCUT2D eigenvalue weighted by atomic mass is 32.1. The van der Waals surface area contributed by atoms with Gasteiger partial charge in [-0.2, -0.15) is 5.10 Å². The van der Waals surface area contributed by atoms with Crippen molar-refractivity contribution in [2.24, 2.45) is 7.05 Å². The van der Waals surface area contributed by atoms with Gasteiger partial charge < -0.3 is 4.57 Å². The number of nitrogens with one attached hydrogen (secondary N) is 1. The second kappa shape index (κ2) is 3.54. The van der Waals surface area contributed by atoms with E-state index in [1.165, 1.54) is 16.7 Å². The summed E-state index contributed by atoms with van der Waals surface area (Å²) in [6.07, 6.45) is 0. The fraction of sp³-hybridized carbons (Fsp3) is 0.111. The van der Waals surface area contributed by atoms with E-state index in [0.717, 1.165) is 6.07 Å². The molecule has 3 nitrogen and oxygen atoms in total. The topological polar surface area (TPSA) is 33.6 Å². The number of hydrogen-bond acceptors (Lipinski definition) is 2. The van der Waals surface area contributed by atoms with Gasteiger partial charge in [0.2, 0.25) is 0 Å². The molecule has 1 aromatic heterocycles. The van der Waals surface area contributed by atoms with Gasteiger partial charge in [0.1, 0.15) is 11.6 Å². The molecule has 0 saturated carbocycles. The Morgan fingerprint density at radius 1 is 1.40 bits per heavy atom. The zero-order valence-electron chi connectivity index (χ0n) is 7.79. The predicted octanol–water partition coefficient (Wildman–Crippen LogP) is 2.42. The lowest BCUT2D eigenvalue weighted by Crippen LogP contribution is -1.95. The highest BCUT2D eigenvalue weighted by Crippen LogP contribution is 2.20. The van der Waals surface area contributed by atoms with Crippen LogP contribution in [0, 0.1) is 16.4 Å². The maximum atomic E-state index is 13.4. The standard InChI is InChI=1S/C9H7F2N3S/c1-14-8(12-13-9(14)15)6-3-2-5(10)4-7(6)11/h2-4H,1H3,(H,13,15). The van der Waals surface area contributed by atoms with Crippen molar-refractivity contribution in [3.8, 4) is 11.4 Å². The lowest BCUT2D eigenvalue weighted by atomic mass is 10.2. The molecule has 0 amide bonds. The number of rotatable bonds is 1. The van der Waals surface area contributed by atoms with Crippen LogP contribution in [0.5, 0.6) is 0 Å². The van der Waals surface area contributed by atoms with Gasteiger partial charge in [0, 0.05) is 13.1 Å². The van der Waals surface area contributed by atoms with Crippen LogP contribution in [0.15, 0.2) is 18.2 Å². The molecule has 0 bridgehead atoms. The van der Waals surface area contributed by atoms with E-state index in [2.05, 4.69) is 10.2 Å². The molecule has 0 aliphatic heterocycles. The molecule has 0 atom stereocenters. The number of nitrogens with zero attached hydrogens (tertiary/aromatic N) is 2. The van der Waals surface area contributed by atoms with Crippen LogP contribution >= 0.6 is 12.2 Å². The first-order chi connectivity index (χ1) is 7.09. The first kappa shape index (κ1) is 9.97. The van der Waals surface area contributed by atoms with Crippen molar-refractivity contribution in [3.05, 3.63) is 34.6 Å². The number of benzene rings is 1. The molecule has 1 N–H and O–H groups in total. The molecule has 0 unspecified atom stereocenters. The Kier molecular flexibility index (Phi) is 2.36. The van der Waals surface area contributed by atoms with Gasteiger partial charge in [0.05, 0.1) is 5.56 Å². The minimum atomic E-state index is -0.660. The van der Waals surface area contributed by atoms with Crippen LogP contribution < -0.4 is 0 Å². The highest BCUT2D eigenvalue weighted by molar-refractivity contribution is 7.71. The van der Waals surface area contributed by atoms with Crippen LogP contribution in [0.1, 0.15) is 0 Å². The lowest BCUT2D eigenvalue weighted by molar-refractivity contribution is 0.584. The van der Waals surface area contributed by atoms with Crippen LogP contribution in [-0.4, -0.2) is 14.8 Å². The Bertz CT molecular complexity index is 559. The van der Waals surface area contributed by atoms with E-state index in [-0.39, 0.29) is 5.56 Å². The molecule has 0 saturated heterocycles. The fourth-order valence-corrected chi connectivity index (χ4v) is 1.39. The minimum absolute atomic E-state index is 0.214. The monoisotopic (exact) mass is 227 g/mol. The zero-order chi connectivity index (χ0) is 11.0. The fourth-order valence-electron chi connectivity index (χ4n) is 1.26.